The summed E-state index contributed by atoms with van der Waals surface area (Å²) >= 11 is 0. The second kappa shape index (κ2) is 6.77. The molecule has 0 aromatic carbocycles. The fourth-order valence-electron chi connectivity index (χ4n) is 3.46. The number of carboxylic acids is 1. The lowest BCUT2D eigenvalue weighted by Gasteiger charge is -2.23. The third-order valence-corrected chi connectivity index (χ3v) is 5.19. The summed E-state index contributed by atoms with van der Waals surface area (Å²) in [4.78, 5) is 23.0. The van der Waals surface area contributed by atoms with Crippen molar-refractivity contribution in [3.63, 3.8) is 0 Å². The largest absolute Gasteiger partial charge is 0.481 e. The standard InChI is InChI=1S/C16H28N2O3/c1-11(15(20)21)4-3-5-12(2)18-14(19)13-10-16(13)6-8-17-9-7-16/h11-13,17H,3-10H2,1-2H3,(H,18,19)(H,20,21). The SMILES string of the molecule is CC(CCCC(C)C(=O)O)NC(=O)C1CC12CCNCC2. The third-order valence-electron chi connectivity index (χ3n) is 5.19. The highest BCUT2D eigenvalue weighted by molar-refractivity contribution is 5.82. The Morgan fingerprint density at radius 1 is 1.29 bits per heavy atom. The second-order valence-electron chi connectivity index (χ2n) is 6.95. The number of piperidine rings is 1. The summed E-state index contributed by atoms with van der Waals surface area (Å²) in [5.41, 5.74) is 0.285. The molecule has 120 valence electrons. The first-order chi connectivity index (χ1) is 9.94. The van der Waals surface area contributed by atoms with E-state index < -0.39 is 5.97 Å². The summed E-state index contributed by atoms with van der Waals surface area (Å²) in [5.74, 6) is -0.623. The quantitative estimate of drug-likeness (QED) is 0.669. The first kappa shape index (κ1) is 16.3. The Morgan fingerprint density at radius 2 is 1.95 bits per heavy atom. The smallest absolute Gasteiger partial charge is 0.306 e. The molecule has 1 aliphatic heterocycles. The average molecular weight is 296 g/mol. The van der Waals surface area contributed by atoms with Gasteiger partial charge in [0.1, 0.15) is 0 Å². The van der Waals surface area contributed by atoms with Gasteiger partial charge in [-0.1, -0.05) is 13.3 Å². The number of carboxylic acid groups (broad SMARTS) is 1. The van der Waals surface area contributed by atoms with E-state index >= 15 is 0 Å². The van der Waals surface area contributed by atoms with Gasteiger partial charge < -0.3 is 15.7 Å². The molecule has 3 N–H and O–H groups in total. The molecule has 3 atom stereocenters. The monoisotopic (exact) mass is 296 g/mol. The van der Waals surface area contributed by atoms with Gasteiger partial charge in [-0.15, -0.1) is 0 Å². The van der Waals surface area contributed by atoms with Crippen molar-refractivity contribution in [1.29, 1.82) is 0 Å². The fraction of sp³-hybridized carbons (Fsp3) is 0.875. The lowest BCUT2D eigenvalue weighted by atomic mass is 9.91. The van der Waals surface area contributed by atoms with Crippen LogP contribution in [-0.4, -0.2) is 36.1 Å². The molecule has 3 unspecified atom stereocenters. The van der Waals surface area contributed by atoms with Crippen molar-refractivity contribution >= 4 is 11.9 Å². The predicted molar refractivity (Wildman–Crippen MR) is 80.9 cm³/mol. The molecule has 1 amide bonds. The predicted octanol–water partition coefficient (Wildman–Crippen LogP) is 1.77. The van der Waals surface area contributed by atoms with Crippen LogP contribution < -0.4 is 10.6 Å². The number of hydrogen-bond acceptors (Lipinski definition) is 3. The maximum Gasteiger partial charge on any atom is 0.306 e. The lowest BCUT2D eigenvalue weighted by Crippen LogP contribution is -2.37. The highest BCUT2D eigenvalue weighted by atomic mass is 16.4. The summed E-state index contributed by atoms with van der Waals surface area (Å²) in [6, 6.07) is 0.137. The van der Waals surface area contributed by atoms with E-state index in [1.54, 1.807) is 6.92 Å². The number of rotatable bonds is 7. The molecule has 0 aromatic rings. The Kier molecular flexibility index (Phi) is 5.25. The van der Waals surface area contributed by atoms with E-state index in [1.807, 2.05) is 6.92 Å². The van der Waals surface area contributed by atoms with Gasteiger partial charge in [0.25, 0.3) is 0 Å². The molecule has 1 heterocycles. The maximum absolute atomic E-state index is 12.3. The molecule has 1 saturated heterocycles. The minimum absolute atomic E-state index is 0.137. The molecule has 0 radical (unpaired) electrons. The van der Waals surface area contributed by atoms with Crippen LogP contribution in [0.5, 0.6) is 0 Å². The Hall–Kier alpha value is -1.10. The van der Waals surface area contributed by atoms with Gasteiger partial charge in [0.2, 0.25) is 5.91 Å². The van der Waals surface area contributed by atoms with Crippen molar-refractivity contribution in [3.05, 3.63) is 0 Å². The molecule has 1 spiro atoms. The van der Waals surface area contributed by atoms with E-state index in [2.05, 4.69) is 10.6 Å². The molecule has 21 heavy (non-hydrogen) atoms. The molecule has 5 heteroatoms. The van der Waals surface area contributed by atoms with Gasteiger partial charge in [-0.2, -0.15) is 0 Å². The maximum atomic E-state index is 12.3. The summed E-state index contributed by atoms with van der Waals surface area (Å²) in [6.07, 6.45) is 5.66. The Labute approximate surface area is 126 Å². The minimum atomic E-state index is -0.738. The van der Waals surface area contributed by atoms with Crippen molar-refractivity contribution in [2.75, 3.05) is 13.1 Å². The van der Waals surface area contributed by atoms with E-state index in [9.17, 15) is 9.59 Å². The van der Waals surface area contributed by atoms with Gasteiger partial charge in [0, 0.05) is 12.0 Å². The van der Waals surface area contributed by atoms with E-state index in [0.717, 1.165) is 45.2 Å². The summed E-state index contributed by atoms with van der Waals surface area (Å²) in [7, 11) is 0. The highest BCUT2D eigenvalue weighted by Crippen LogP contribution is 2.58. The van der Waals surface area contributed by atoms with Crippen LogP contribution in [0.4, 0.5) is 0 Å². The summed E-state index contributed by atoms with van der Waals surface area (Å²) < 4.78 is 0. The van der Waals surface area contributed by atoms with Gasteiger partial charge in [-0.25, -0.2) is 0 Å². The number of hydrogen-bond donors (Lipinski definition) is 3. The van der Waals surface area contributed by atoms with Gasteiger partial charge >= 0.3 is 5.97 Å². The Bertz CT molecular complexity index is 391. The number of amides is 1. The normalized spacial score (nSPS) is 26.1. The van der Waals surface area contributed by atoms with Gasteiger partial charge in [-0.05, 0) is 57.5 Å². The fourth-order valence-corrected chi connectivity index (χ4v) is 3.46. The highest BCUT2D eigenvalue weighted by Gasteiger charge is 2.57. The van der Waals surface area contributed by atoms with Crippen LogP contribution in [0.1, 0.15) is 52.4 Å². The Morgan fingerprint density at radius 3 is 2.57 bits per heavy atom. The molecule has 1 aliphatic carbocycles. The average Bonchev–Trinajstić information content (AvgIpc) is 3.12. The molecule has 2 aliphatic rings. The lowest BCUT2D eigenvalue weighted by molar-refractivity contribution is -0.141. The summed E-state index contributed by atoms with van der Waals surface area (Å²) in [6.45, 7) is 5.82. The van der Waals surface area contributed by atoms with Crippen molar-refractivity contribution in [2.24, 2.45) is 17.3 Å². The van der Waals surface area contributed by atoms with Crippen molar-refractivity contribution in [1.82, 2.24) is 10.6 Å². The van der Waals surface area contributed by atoms with Gasteiger partial charge in [0.05, 0.1) is 5.92 Å². The van der Waals surface area contributed by atoms with Gasteiger partial charge in [0.15, 0.2) is 0 Å². The first-order valence-electron chi connectivity index (χ1n) is 8.18. The topological polar surface area (TPSA) is 78.4 Å². The third kappa shape index (κ3) is 4.19. The van der Waals surface area contributed by atoms with Crippen molar-refractivity contribution < 1.29 is 14.7 Å². The van der Waals surface area contributed by atoms with Crippen LogP contribution in [0.3, 0.4) is 0 Å². The zero-order valence-electron chi connectivity index (χ0n) is 13.2. The molecular weight excluding hydrogens is 268 g/mol. The van der Waals surface area contributed by atoms with Crippen LogP contribution in [0.25, 0.3) is 0 Å². The summed E-state index contributed by atoms with van der Waals surface area (Å²) in [5, 5.41) is 15.3. The molecular formula is C16H28N2O3. The van der Waals surface area contributed by atoms with E-state index in [0.29, 0.717) is 6.42 Å². The van der Waals surface area contributed by atoms with Crippen LogP contribution in [0.15, 0.2) is 0 Å². The van der Waals surface area contributed by atoms with Crippen LogP contribution >= 0.6 is 0 Å². The molecule has 0 bridgehead atoms. The van der Waals surface area contributed by atoms with Crippen LogP contribution in [0, 0.1) is 17.3 Å². The first-order valence-corrected chi connectivity index (χ1v) is 8.18. The zero-order chi connectivity index (χ0) is 15.5. The van der Waals surface area contributed by atoms with Crippen molar-refractivity contribution in [2.45, 2.75) is 58.4 Å². The van der Waals surface area contributed by atoms with Crippen LogP contribution in [-0.2, 0) is 9.59 Å². The molecule has 5 nitrogen and oxygen atoms in total. The van der Waals surface area contributed by atoms with Crippen molar-refractivity contribution in [3.8, 4) is 0 Å². The minimum Gasteiger partial charge on any atom is -0.481 e. The van der Waals surface area contributed by atoms with E-state index in [1.165, 1.54) is 0 Å². The Balaban J connectivity index is 1.65. The molecule has 0 aromatic heterocycles. The number of nitrogens with one attached hydrogen (secondary N) is 2. The molecule has 1 saturated carbocycles. The van der Waals surface area contributed by atoms with E-state index in [-0.39, 0.29) is 29.2 Å². The number of carbonyl (C=O) groups excluding carboxylic acids is 1. The van der Waals surface area contributed by atoms with Crippen LogP contribution in [0.2, 0.25) is 0 Å². The number of aliphatic carboxylic acids is 1. The second-order valence-corrected chi connectivity index (χ2v) is 6.95. The zero-order valence-corrected chi connectivity index (χ0v) is 13.2. The van der Waals surface area contributed by atoms with E-state index in [4.69, 9.17) is 5.11 Å². The van der Waals surface area contributed by atoms with Gasteiger partial charge in [-0.3, -0.25) is 9.59 Å². The molecule has 2 fully saturated rings. The molecule has 2 rings (SSSR count). The number of carbonyl (C=O) groups is 2.